The molecule has 1 aromatic rings. The van der Waals surface area contributed by atoms with Crippen molar-refractivity contribution in [1.82, 2.24) is 4.90 Å². The van der Waals surface area contributed by atoms with Crippen LogP contribution in [0.3, 0.4) is 0 Å². The van der Waals surface area contributed by atoms with Crippen LogP contribution in [0.2, 0.25) is 0 Å². The van der Waals surface area contributed by atoms with E-state index in [1.54, 1.807) is 0 Å². The van der Waals surface area contributed by atoms with Crippen molar-refractivity contribution in [3.8, 4) is 5.75 Å². The van der Waals surface area contributed by atoms with Crippen LogP contribution >= 0.6 is 0 Å². The molecular formula is C24H35NO4S. The lowest BCUT2D eigenvalue weighted by Crippen LogP contribution is -2.63. The predicted octanol–water partition coefficient (Wildman–Crippen LogP) is 4.17. The molecule has 4 atom stereocenters. The number of benzene rings is 1. The summed E-state index contributed by atoms with van der Waals surface area (Å²) in [5.74, 6) is 2.81. The van der Waals surface area contributed by atoms with Gasteiger partial charge in [0.2, 0.25) is 0 Å². The van der Waals surface area contributed by atoms with Crippen molar-refractivity contribution in [3.63, 3.8) is 0 Å². The maximum absolute atomic E-state index is 10.2. The molecule has 2 bridgehead atoms. The van der Waals surface area contributed by atoms with E-state index in [1.165, 1.54) is 68.3 Å². The molecule has 30 heavy (non-hydrogen) atoms. The Balaban J connectivity index is 0.000000393. The average Bonchev–Trinajstić information content (AvgIpc) is 2.58. The zero-order valence-electron chi connectivity index (χ0n) is 18.2. The molecule has 5 rings (SSSR count). The summed E-state index contributed by atoms with van der Waals surface area (Å²) in [7, 11) is -3.67. The SMILES string of the molecule is C=C1C[C@H](C)[C@H]2[C@@H]3Cc4ccc(O)cc4[C@]2(CCN3CC2CCC2)C1.CS(=O)(=O)O. The summed E-state index contributed by atoms with van der Waals surface area (Å²) in [6.07, 6.45) is 9.76. The Morgan fingerprint density at radius 2 is 1.97 bits per heavy atom. The Morgan fingerprint density at radius 3 is 2.60 bits per heavy atom. The first kappa shape index (κ1) is 21.8. The molecule has 1 aliphatic heterocycles. The van der Waals surface area contributed by atoms with Crippen LogP contribution in [0.5, 0.6) is 5.75 Å². The number of aromatic hydroxyl groups is 1. The van der Waals surface area contributed by atoms with Gasteiger partial charge in [-0.3, -0.25) is 9.45 Å². The average molecular weight is 434 g/mol. The molecule has 4 aliphatic rings. The van der Waals surface area contributed by atoms with Crippen LogP contribution in [0.1, 0.15) is 56.6 Å². The number of nitrogens with zero attached hydrogens (tertiary/aromatic N) is 1. The van der Waals surface area contributed by atoms with Crippen molar-refractivity contribution in [1.29, 1.82) is 0 Å². The van der Waals surface area contributed by atoms with Gasteiger partial charge in [0.25, 0.3) is 10.1 Å². The first-order chi connectivity index (χ1) is 14.1. The van der Waals surface area contributed by atoms with E-state index < -0.39 is 10.1 Å². The number of fused-ring (bicyclic) bond motifs is 1. The highest BCUT2D eigenvalue weighted by Gasteiger charge is 2.56. The minimum absolute atomic E-state index is 0.224. The summed E-state index contributed by atoms with van der Waals surface area (Å²) < 4.78 is 25.9. The van der Waals surface area contributed by atoms with E-state index in [9.17, 15) is 13.5 Å². The van der Waals surface area contributed by atoms with Crippen LogP contribution in [-0.4, -0.2) is 48.4 Å². The van der Waals surface area contributed by atoms with Crippen LogP contribution in [0.25, 0.3) is 0 Å². The van der Waals surface area contributed by atoms with Gasteiger partial charge in [-0.05, 0) is 86.1 Å². The molecule has 1 aromatic carbocycles. The predicted molar refractivity (Wildman–Crippen MR) is 119 cm³/mol. The third-order valence-corrected chi connectivity index (χ3v) is 7.93. The largest absolute Gasteiger partial charge is 0.508 e. The highest BCUT2D eigenvalue weighted by Crippen LogP contribution is 2.59. The number of rotatable bonds is 2. The van der Waals surface area contributed by atoms with Crippen molar-refractivity contribution in [2.75, 3.05) is 19.3 Å². The van der Waals surface area contributed by atoms with Gasteiger partial charge in [-0.25, -0.2) is 0 Å². The Hall–Kier alpha value is -1.37. The van der Waals surface area contributed by atoms with Crippen LogP contribution in [-0.2, 0) is 22.0 Å². The Labute approximate surface area is 180 Å². The highest BCUT2D eigenvalue weighted by molar-refractivity contribution is 7.85. The molecule has 0 amide bonds. The van der Waals surface area contributed by atoms with Crippen molar-refractivity contribution in [3.05, 3.63) is 41.5 Å². The first-order valence-corrected chi connectivity index (χ1v) is 13.1. The smallest absolute Gasteiger partial charge is 0.261 e. The van der Waals surface area contributed by atoms with Crippen LogP contribution in [0.4, 0.5) is 0 Å². The van der Waals surface area contributed by atoms with E-state index in [2.05, 4.69) is 30.5 Å². The molecular weight excluding hydrogens is 398 g/mol. The van der Waals surface area contributed by atoms with Gasteiger partial charge in [-0.15, -0.1) is 0 Å². The third-order valence-electron chi connectivity index (χ3n) is 7.93. The number of phenols is 1. The number of hydrogen-bond acceptors (Lipinski definition) is 4. The van der Waals surface area contributed by atoms with E-state index in [1.807, 2.05) is 6.07 Å². The molecule has 0 radical (unpaired) electrons. The van der Waals surface area contributed by atoms with E-state index in [0.717, 1.165) is 18.3 Å². The summed E-state index contributed by atoms with van der Waals surface area (Å²) in [5, 5.41) is 10.2. The fraction of sp³-hybridized carbons (Fsp3) is 0.667. The van der Waals surface area contributed by atoms with E-state index in [-0.39, 0.29) is 5.41 Å². The van der Waals surface area contributed by atoms with Gasteiger partial charge >= 0.3 is 0 Å². The molecule has 0 spiro atoms. The second-order valence-electron chi connectivity index (χ2n) is 10.2. The second kappa shape index (κ2) is 7.95. The van der Waals surface area contributed by atoms with E-state index in [0.29, 0.717) is 24.0 Å². The molecule has 0 aromatic heterocycles. The molecule has 166 valence electrons. The molecule has 3 fully saturated rings. The number of allylic oxidation sites excluding steroid dienone is 1. The fourth-order valence-corrected chi connectivity index (χ4v) is 6.83. The van der Waals surface area contributed by atoms with Gasteiger partial charge in [0.15, 0.2) is 0 Å². The molecule has 1 heterocycles. The summed E-state index contributed by atoms with van der Waals surface area (Å²) >= 11 is 0. The molecule has 1 saturated heterocycles. The van der Waals surface area contributed by atoms with E-state index >= 15 is 0 Å². The summed E-state index contributed by atoms with van der Waals surface area (Å²) in [6.45, 7) is 9.41. The van der Waals surface area contributed by atoms with Crippen LogP contribution in [0, 0.1) is 17.8 Å². The number of phenolic OH excluding ortho intramolecular Hbond substituents is 1. The number of likely N-dealkylation sites (tertiary alicyclic amines) is 1. The van der Waals surface area contributed by atoms with Gasteiger partial charge in [-0.1, -0.05) is 31.6 Å². The second-order valence-corrected chi connectivity index (χ2v) is 11.6. The lowest BCUT2D eigenvalue weighted by Gasteiger charge is -2.62. The minimum atomic E-state index is -3.67. The molecule has 6 heteroatoms. The molecule has 0 unspecified atom stereocenters. The summed E-state index contributed by atoms with van der Waals surface area (Å²) in [5.41, 5.74) is 4.58. The normalized spacial score (nSPS) is 33.6. The highest BCUT2D eigenvalue weighted by atomic mass is 32.2. The monoisotopic (exact) mass is 433 g/mol. The van der Waals surface area contributed by atoms with Gasteiger partial charge in [0.05, 0.1) is 6.26 Å². The zero-order chi connectivity index (χ0) is 21.7. The van der Waals surface area contributed by atoms with Crippen molar-refractivity contribution in [2.24, 2.45) is 17.8 Å². The lowest BCUT2D eigenvalue weighted by atomic mass is 9.49. The van der Waals surface area contributed by atoms with Crippen LogP contribution in [0.15, 0.2) is 30.4 Å². The number of hydrogen-bond donors (Lipinski definition) is 2. The molecule has 3 aliphatic carbocycles. The van der Waals surface area contributed by atoms with Gasteiger partial charge in [0, 0.05) is 18.0 Å². The van der Waals surface area contributed by atoms with Crippen molar-refractivity contribution < 1.29 is 18.1 Å². The summed E-state index contributed by atoms with van der Waals surface area (Å²) in [6, 6.07) is 6.87. The molecule has 2 N–H and O–H groups in total. The molecule has 5 nitrogen and oxygen atoms in total. The standard InChI is InChI=1S/C23H31NO.CH4O3S/c1-15-10-16(2)22-21-11-18-6-7-19(25)12-20(18)23(22,13-15)8-9-24(21)14-17-4-3-5-17;1-5(2,3)4/h6-7,12,16-17,21-22,25H,1,3-5,8-11,13-14H2,2H3;1H3,(H,2,3,4)/t16-,21-,22-,23-;/m0./s1. The van der Waals surface area contributed by atoms with Crippen molar-refractivity contribution >= 4 is 10.1 Å². The lowest BCUT2D eigenvalue weighted by molar-refractivity contribution is -0.0376. The van der Waals surface area contributed by atoms with Crippen LogP contribution < -0.4 is 0 Å². The quantitative estimate of drug-likeness (QED) is 0.541. The van der Waals surface area contributed by atoms with Gasteiger partial charge in [0.1, 0.15) is 5.75 Å². The minimum Gasteiger partial charge on any atom is -0.508 e. The summed E-state index contributed by atoms with van der Waals surface area (Å²) in [4.78, 5) is 2.85. The maximum Gasteiger partial charge on any atom is 0.261 e. The number of piperidine rings is 1. The Morgan fingerprint density at radius 1 is 1.27 bits per heavy atom. The van der Waals surface area contributed by atoms with Crippen molar-refractivity contribution in [2.45, 2.75) is 63.3 Å². The topological polar surface area (TPSA) is 77.8 Å². The first-order valence-electron chi connectivity index (χ1n) is 11.2. The third kappa shape index (κ3) is 4.19. The molecule has 2 saturated carbocycles. The Kier molecular flexibility index (Phi) is 5.79. The maximum atomic E-state index is 10.2. The van der Waals surface area contributed by atoms with Gasteiger partial charge in [-0.2, -0.15) is 8.42 Å². The zero-order valence-corrected chi connectivity index (χ0v) is 19.0. The fourth-order valence-electron chi connectivity index (χ4n) is 6.83. The Bertz CT molecular complexity index is 915. The van der Waals surface area contributed by atoms with E-state index in [4.69, 9.17) is 4.55 Å². The van der Waals surface area contributed by atoms with Gasteiger partial charge < -0.3 is 5.11 Å².